The number of rotatable bonds is 7. The fourth-order valence-electron chi connectivity index (χ4n) is 5.08. The number of methoxy groups -OCH3 is 1. The van der Waals surface area contributed by atoms with Crippen LogP contribution in [-0.2, 0) is 14.2 Å². The molecule has 0 spiro atoms. The Labute approximate surface area is 248 Å². The quantitative estimate of drug-likeness (QED) is 0.147. The lowest BCUT2D eigenvalue weighted by Gasteiger charge is -2.45. The predicted molar refractivity (Wildman–Crippen MR) is 145 cm³/mol. The average Bonchev–Trinajstić information content (AvgIpc) is 2.99. The third-order valence-electron chi connectivity index (χ3n) is 7.52. The summed E-state index contributed by atoms with van der Waals surface area (Å²) < 4.78 is 33.8. The van der Waals surface area contributed by atoms with Crippen molar-refractivity contribution in [3.63, 3.8) is 0 Å². The van der Waals surface area contributed by atoms with Crippen LogP contribution in [0.1, 0.15) is 6.92 Å². The molecule has 16 heteroatoms. The van der Waals surface area contributed by atoms with Crippen molar-refractivity contribution < 1.29 is 74.1 Å². The standard InChI is InChI=1S/C28H32O16/c1-9-18(33)21(36)23(38)27(40-9)44-26-22(37)19(34)16(8-29)42-28(26)43-25-20(35)17-13(32)6-11(30)7-15(17)41-24(25)10-3-4-12(31)14(5-10)39-2/h3-7,9,16,18-19,21-23,26-34,36-38H,8H2,1-2H3/t9?,16?,18-,19-,21-,22+,23?,26?,27-,28-/m0/s1. The topological polar surface area (TPSA) is 258 Å². The minimum Gasteiger partial charge on any atom is -0.508 e. The molecule has 1 aromatic heterocycles. The van der Waals surface area contributed by atoms with Crippen molar-refractivity contribution in [3.05, 3.63) is 40.6 Å². The molecule has 5 rings (SSSR count). The van der Waals surface area contributed by atoms with Crippen molar-refractivity contribution in [2.24, 2.45) is 0 Å². The van der Waals surface area contributed by atoms with E-state index in [0.717, 1.165) is 12.1 Å². The molecule has 3 aromatic rings. The van der Waals surface area contributed by atoms with Gasteiger partial charge in [0.15, 0.2) is 29.7 Å². The van der Waals surface area contributed by atoms with Gasteiger partial charge in [0, 0.05) is 17.7 Å². The summed E-state index contributed by atoms with van der Waals surface area (Å²) in [4.78, 5) is 13.8. The van der Waals surface area contributed by atoms with E-state index in [1.54, 1.807) is 0 Å². The number of hydrogen-bond donors (Lipinski definition) is 9. The Balaban J connectivity index is 1.63. The molecule has 4 unspecified atom stereocenters. The summed E-state index contributed by atoms with van der Waals surface area (Å²) in [5.74, 6) is -2.34. The monoisotopic (exact) mass is 624 g/mol. The van der Waals surface area contributed by atoms with Crippen LogP contribution in [0.5, 0.6) is 28.7 Å². The van der Waals surface area contributed by atoms with Gasteiger partial charge in [-0.05, 0) is 25.1 Å². The van der Waals surface area contributed by atoms with Gasteiger partial charge in [0.05, 0.1) is 19.8 Å². The summed E-state index contributed by atoms with van der Waals surface area (Å²) in [6.45, 7) is 0.570. The lowest BCUT2D eigenvalue weighted by Crippen LogP contribution is -2.64. The summed E-state index contributed by atoms with van der Waals surface area (Å²) in [5.41, 5.74) is -1.15. The molecule has 0 radical (unpaired) electrons. The van der Waals surface area contributed by atoms with Gasteiger partial charge in [-0.15, -0.1) is 0 Å². The summed E-state index contributed by atoms with van der Waals surface area (Å²) in [6.07, 6.45) is -16.5. The van der Waals surface area contributed by atoms with E-state index in [9.17, 15) is 50.8 Å². The zero-order valence-corrected chi connectivity index (χ0v) is 23.3. The molecular formula is C28H32O16. The summed E-state index contributed by atoms with van der Waals surface area (Å²) >= 11 is 0. The Hall–Kier alpha value is -3.71. The average molecular weight is 625 g/mol. The normalized spacial score (nSPS) is 32.5. The third kappa shape index (κ3) is 5.63. The molecule has 2 aliphatic heterocycles. The highest BCUT2D eigenvalue weighted by atomic mass is 16.8. The first kappa shape index (κ1) is 31.7. The molecule has 9 N–H and O–H groups in total. The van der Waals surface area contributed by atoms with Crippen LogP contribution in [-0.4, -0.2) is 121 Å². The van der Waals surface area contributed by atoms with E-state index in [2.05, 4.69) is 0 Å². The molecule has 16 nitrogen and oxygen atoms in total. The lowest BCUT2D eigenvalue weighted by molar-refractivity contribution is -0.354. The fourth-order valence-corrected chi connectivity index (χ4v) is 5.08. The highest BCUT2D eigenvalue weighted by molar-refractivity contribution is 5.88. The van der Waals surface area contributed by atoms with E-state index in [4.69, 9.17) is 28.1 Å². The fraction of sp³-hybridized carbons (Fsp3) is 0.464. The van der Waals surface area contributed by atoms with Crippen molar-refractivity contribution >= 4 is 11.0 Å². The Morgan fingerprint density at radius 3 is 2.25 bits per heavy atom. The molecule has 0 amide bonds. The van der Waals surface area contributed by atoms with Gasteiger partial charge in [-0.2, -0.15) is 0 Å². The summed E-state index contributed by atoms with van der Waals surface area (Å²) in [6, 6.07) is 5.81. The van der Waals surface area contributed by atoms with E-state index in [0.29, 0.717) is 0 Å². The first-order chi connectivity index (χ1) is 20.9. The predicted octanol–water partition coefficient (Wildman–Crippen LogP) is -1.38. The van der Waals surface area contributed by atoms with Crippen molar-refractivity contribution in [3.8, 4) is 40.1 Å². The molecule has 44 heavy (non-hydrogen) atoms. The number of phenols is 3. The molecular weight excluding hydrogens is 592 g/mol. The van der Waals surface area contributed by atoms with E-state index in [1.165, 1.54) is 32.2 Å². The van der Waals surface area contributed by atoms with Crippen molar-refractivity contribution in [1.29, 1.82) is 0 Å². The van der Waals surface area contributed by atoms with Crippen LogP contribution in [0.15, 0.2) is 39.5 Å². The van der Waals surface area contributed by atoms with Gasteiger partial charge in [0.1, 0.15) is 59.1 Å². The highest BCUT2D eigenvalue weighted by Gasteiger charge is 2.51. The van der Waals surface area contributed by atoms with Crippen LogP contribution in [0.3, 0.4) is 0 Å². The van der Waals surface area contributed by atoms with Crippen LogP contribution < -0.4 is 14.9 Å². The number of phenolic OH excluding ortho intramolecular Hbond substituents is 3. The van der Waals surface area contributed by atoms with E-state index < -0.39 is 96.1 Å². The van der Waals surface area contributed by atoms with Crippen LogP contribution in [0.2, 0.25) is 0 Å². The Bertz CT molecular complexity index is 1560. The number of aromatic hydroxyl groups is 3. The first-order valence-corrected chi connectivity index (χ1v) is 13.4. The maximum absolute atomic E-state index is 13.8. The molecule has 2 saturated heterocycles. The number of aliphatic hydroxyl groups is 6. The molecule has 0 aliphatic carbocycles. The summed E-state index contributed by atoms with van der Waals surface area (Å²) in [7, 11) is 1.28. The van der Waals surface area contributed by atoms with Gasteiger partial charge in [-0.25, -0.2) is 0 Å². The third-order valence-corrected chi connectivity index (χ3v) is 7.52. The zero-order valence-electron chi connectivity index (χ0n) is 23.3. The molecule has 10 atom stereocenters. The van der Waals surface area contributed by atoms with E-state index >= 15 is 0 Å². The van der Waals surface area contributed by atoms with Crippen molar-refractivity contribution in [2.45, 2.75) is 68.3 Å². The van der Waals surface area contributed by atoms with Gasteiger partial charge in [-0.1, -0.05) is 0 Å². The largest absolute Gasteiger partial charge is 0.508 e. The number of ether oxygens (including phenoxy) is 5. The van der Waals surface area contributed by atoms with Gasteiger partial charge < -0.3 is 74.1 Å². The number of hydrogen-bond acceptors (Lipinski definition) is 16. The second kappa shape index (κ2) is 12.4. The maximum atomic E-state index is 13.8. The maximum Gasteiger partial charge on any atom is 0.239 e. The van der Waals surface area contributed by atoms with Crippen LogP contribution in [0.4, 0.5) is 0 Å². The zero-order chi connectivity index (χ0) is 32.0. The van der Waals surface area contributed by atoms with Crippen LogP contribution in [0.25, 0.3) is 22.3 Å². The first-order valence-electron chi connectivity index (χ1n) is 13.4. The van der Waals surface area contributed by atoms with E-state index in [-0.39, 0.29) is 28.4 Å². The number of aliphatic hydroxyl groups excluding tert-OH is 6. The lowest BCUT2D eigenvalue weighted by atomic mass is 9.97. The molecule has 3 heterocycles. The van der Waals surface area contributed by atoms with E-state index in [1.807, 2.05) is 0 Å². The van der Waals surface area contributed by atoms with Crippen molar-refractivity contribution in [2.75, 3.05) is 13.7 Å². The SMILES string of the molecule is COc1cc(-c2oc3cc(O)cc(O)c3c(=O)c2O[C@@H]2OC(CO)[C@H](O)[C@@H](O)C2O[C@@H]2OC(C)[C@H](O)[C@H](O)C2O)ccc1O. The minimum atomic E-state index is -1.89. The second-order valence-corrected chi connectivity index (χ2v) is 10.4. The molecule has 0 saturated carbocycles. The summed E-state index contributed by atoms with van der Waals surface area (Å²) in [5, 5.41) is 92.3. The molecule has 2 aliphatic rings. The van der Waals surface area contributed by atoms with Gasteiger partial charge in [-0.3, -0.25) is 4.79 Å². The molecule has 0 bridgehead atoms. The van der Waals surface area contributed by atoms with Gasteiger partial charge in [0.25, 0.3) is 0 Å². The Morgan fingerprint density at radius 1 is 0.841 bits per heavy atom. The van der Waals surface area contributed by atoms with Gasteiger partial charge in [0.2, 0.25) is 17.5 Å². The number of benzene rings is 2. The Morgan fingerprint density at radius 2 is 1.57 bits per heavy atom. The second-order valence-electron chi connectivity index (χ2n) is 10.4. The van der Waals surface area contributed by atoms with Gasteiger partial charge >= 0.3 is 0 Å². The highest BCUT2D eigenvalue weighted by Crippen LogP contribution is 2.40. The van der Waals surface area contributed by atoms with Crippen LogP contribution in [0, 0.1) is 0 Å². The molecule has 2 fully saturated rings. The van der Waals surface area contributed by atoms with Crippen LogP contribution >= 0.6 is 0 Å². The molecule has 240 valence electrons. The Kier molecular flexibility index (Phi) is 8.90. The molecule has 2 aromatic carbocycles. The minimum absolute atomic E-state index is 0.0257. The van der Waals surface area contributed by atoms with Crippen molar-refractivity contribution in [1.82, 2.24) is 0 Å². The smallest absolute Gasteiger partial charge is 0.239 e. The number of fused-ring (bicyclic) bond motifs is 1.